The SMILES string of the molecule is CN1c2ccccc2C(=C2c3ccccc3N(Cc3ccc(C(=O)O)cc3)c3ccccc32)c2ccccc21. The molecule has 39 heavy (non-hydrogen) atoms. The van der Waals surface area contributed by atoms with Gasteiger partial charge in [0, 0.05) is 69.7 Å². The third kappa shape index (κ3) is 3.64. The molecule has 0 atom stereocenters. The molecule has 2 aliphatic heterocycles. The van der Waals surface area contributed by atoms with Crippen LogP contribution in [0, 0.1) is 0 Å². The van der Waals surface area contributed by atoms with Crippen molar-refractivity contribution in [1.82, 2.24) is 0 Å². The predicted molar refractivity (Wildman–Crippen MR) is 158 cm³/mol. The van der Waals surface area contributed by atoms with Gasteiger partial charge in [-0.25, -0.2) is 4.79 Å². The predicted octanol–water partition coefficient (Wildman–Crippen LogP) is 8.13. The number of aromatic carboxylic acids is 1. The van der Waals surface area contributed by atoms with Crippen LogP contribution in [0.5, 0.6) is 0 Å². The number of nitrogens with zero attached hydrogens (tertiary/aromatic N) is 2. The maximum Gasteiger partial charge on any atom is 0.335 e. The highest BCUT2D eigenvalue weighted by Crippen LogP contribution is 2.53. The molecule has 2 heterocycles. The van der Waals surface area contributed by atoms with Crippen molar-refractivity contribution in [2.75, 3.05) is 16.8 Å². The average Bonchev–Trinajstić information content (AvgIpc) is 2.98. The van der Waals surface area contributed by atoms with Crippen molar-refractivity contribution in [1.29, 1.82) is 0 Å². The lowest BCUT2D eigenvalue weighted by Crippen LogP contribution is -2.24. The Morgan fingerprint density at radius 2 is 0.949 bits per heavy atom. The van der Waals surface area contributed by atoms with Gasteiger partial charge in [0.25, 0.3) is 0 Å². The zero-order chi connectivity index (χ0) is 26.5. The number of anilines is 4. The molecule has 0 fully saturated rings. The van der Waals surface area contributed by atoms with E-state index in [2.05, 4.69) is 114 Å². The van der Waals surface area contributed by atoms with Gasteiger partial charge in [0.15, 0.2) is 0 Å². The maximum absolute atomic E-state index is 11.4. The first kappa shape index (κ1) is 23.1. The van der Waals surface area contributed by atoms with Crippen LogP contribution in [0.2, 0.25) is 0 Å². The summed E-state index contributed by atoms with van der Waals surface area (Å²) in [6, 6.07) is 41.7. The van der Waals surface area contributed by atoms with E-state index in [0.29, 0.717) is 12.1 Å². The van der Waals surface area contributed by atoms with E-state index in [9.17, 15) is 9.90 Å². The molecule has 1 N–H and O–H groups in total. The monoisotopic (exact) mass is 506 g/mol. The minimum atomic E-state index is -0.912. The number of benzene rings is 5. The van der Waals surface area contributed by atoms with Crippen LogP contribution in [0.4, 0.5) is 22.7 Å². The van der Waals surface area contributed by atoms with E-state index < -0.39 is 5.97 Å². The van der Waals surface area contributed by atoms with E-state index in [4.69, 9.17) is 0 Å². The van der Waals surface area contributed by atoms with Crippen LogP contribution in [-0.2, 0) is 6.54 Å². The molecule has 2 aliphatic rings. The zero-order valence-corrected chi connectivity index (χ0v) is 21.5. The molecule has 4 heteroatoms. The highest BCUT2D eigenvalue weighted by molar-refractivity contribution is 6.15. The van der Waals surface area contributed by atoms with Crippen LogP contribution >= 0.6 is 0 Å². The second kappa shape index (κ2) is 9.03. The van der Waals surface area contributed by atoms with Gasteiger partial charge in [-0.05, 0) is 42.0 Å². The van der Waals surface area contributed by atoms with Crippen molar-refractivity contribution in [3.05, 3.63) is 155 Å². The number of para-hydroxylation sites is 4. The Labute approximate surface area is 227 Å². The highest BCUT2D eigenvalue weighted by Gasteiger charge is 2.32. The van der Waals surface area contributed by atoms with Crippen LogP contribution in [0.25, 0.3) is 11.1 Å². The van der Waals surface area contributed by atoms with E-state index in [1.807, 2.05) is 12.1 Å². The van der Waals surface area contributed by atoms with Crippen molar-refractivity contribution in [2.45, 2.75) is 6.54 Å². The molecule has 5 aromatic carbocycles. The third-order valence-electron chi connectivity index (χ3n) is 7.79. The molecule has 0 aliphatic carbocycles. The number of carboxylic acids is 1. The van der Waals surface area contributed by atoms with Gasteiger partial charge in [-0.2, -0.15) is 0 Å². The van der Waals surface area contributed by atoms with Crippen LogP contribution < -0.4 is 9.80 Å². The quantitative estimate of drug-likeness (QED) is 0.268. The largest absolute Gasteiger partial charge is 0.478 e. The van der Waals surface area contributed by atoms with E-state index in [1.54, 1.807) is 12.1 Å². The smallest absolute Gasteiger partial charge is 0.335 e. The van der Waals surface area contributed by atoms with Crippen LogP contribution in [-0.4, -0.2) is 18.1 Å². The first-order valence-electron chi connectivity index (χ1n) is 13.1. The third-order valence-corrected chi connectivity index (χ3v) is 7.79. The second-order valence-corrected chi connectivity index (χ2v) is 9.97. The van der Waals surface area contributed by atoms with Gasteiger partial charge in [0.2, 0.25) is 0 Å². The summed E-state index contributed by atoms with van der Waals surface area (Å²) in [7, 11) is 2.14. The normalized spacial score (nSPS) is 13.4. The maximum atomic E-state index is 11.4. The van der Waals surface area contributed by atoms with E-state index in [-0.39, 0.29) is 0 Å². The summed E-state index contributed by atoms with van der Waals surface area (Å²) in [6.07, 6.45) is 0. The molecule has 0 aromatic heterocycles. The fourth-order valence-corrected chi connectivity index (χ4v) is 5.99. The second-order valence-electron chi connectivity index (χ2n) is 9.97. The average molecular weight is 507 g/mol. The van der Waals surface area contributed by atoms with Crippen molar-refractivity contribution in [3.8, 4) is 0 Å². The minimum absolute atomic E-state index is 0.296. The molecule has 0 saturated carbocycles. The molecule has 0 spiro atoms. The van der Waals surface area contributed by atoms with Crippen molar-refractivity contribution < 1.29 is 9.90 Å². The van der Waals surface area contributed by atoms with Crippen molar-refractivity contribution >= 4 is 39.9 Å². The number of rotatable bonds is 3. The lowest BCUT2D eigenvalue weighted by atomic mass is 9.79. The number of hydrogen-bond donors (Lipinski definition) is 1. The molecular weight excluding hydrogens is 480 g/mol. The number of carbonyl (C=O) groups is 1. The minimum Gasteiger partial charge on any atom is -0.478 e. The number of fused-ring (bicyclic) bond motifs is 4. The summed E-state index contributed by atoms with van der Waals surface area (Å²) in [6.45, 7) is 0.631. The zero-order valence-electron chi connectivity index (χ0n) is 21.5. The molecule has 0 amide bonds. The molecule has 0 unspecified atom stereocenters. The van der Waals surface area contributed by atoms with Crippen LogP contribution in [0.15, 0.2) is 121 Å². The van der Waals surface area contributed by atoms with E-state index in [1.165, 1.54) is 44.8 Å². The molecule has 0 bridgehead atoms. The molecule has 4 nitrogen and oxygen atoms in total. The number of carboxylic acid groups (broad SMARTS) is 1. The highest BCUT2D eigenvalue weighted by atomic mass is 16.4. The summed E-state index contributed by atoms with van der Waals surface area (Å²) in [5.41, 5.74) is 13.3. The Kier molecular flexibility index (Phi) is 5.34. The Morgan fingerprint density at radius 1 is 0.564 bits per heavy atom. The Balaban J connectivity index is 1.49. The summed E-state index contributed by atoms with van der Waals surface area (Å²) in [4.78, 5) is 16.0. The molecule has 0 radical (unpaired) electrons. The summed E-state index contributed by atoms with van der Waals surface area (Å²) in [5, 5.41) is 9.35. The van der Waals surface area contributed by atoms with E-state index >= 15 is 0 Å². The van der Waals surface area contributed by atoms with Gasteiger partial charge in [-0.1, -0.05) is 84.9 Å². The van der Waals surface area contributed by atoms with Crippen molar-refractivity contribution in [3.63, 3.8) is 0 Å². The fraction of sp³-hybridized carbons (Fsp3) is 0.0571. The molecule has 7 rings (SSSR count). The van der Waals surface area contributed by atoms with Gasteiger partial charge in [0.05, 0.1) is 5.56 Å². The molecule has 5 aromatic rings. The lowest BCUT2D eigenvalue weighted by molar-refractivity contribution is 0.0697. The first-order chi connectivity index (χ1) is 19.1. The van der Waals surface area contributed by atoms with Gasteiger partial charge in [-0.3, -0.25) is 0 Å². The molecule has 188 valence electrons. The summed E-state index contributed by atoms with van der Waals surface area (Å²) in [5.74, 6) is -0.912. The Morgan fingerprint density at radius 3 is 1.38 bits per heavy atom. The first-order valence-corrected chi connectivity index (χ1v) is 13.1. The topological polar surface area (TPSA) is 43.8 Å². The fourth-order valence-electron chi connectivity index (χ4n) is 5.99. The van der Waals surface area contributed by atoms with Crippen molar-refractivity contribution in [2.24, 2.45) is 0 Å². The van der Waals surface area contributed by atoms with Gasteiger partial charge in [-0.15, -0.1) is 0 Å². The number of hydrogen-bond acceptors (Lipinski definition) is 3. The van der Waals surface area contributed by atoms with Crippen LogP contribution in [0.3, 0.4) is 0 Å². The standard InChI is InChI=1S/C35H26N2O2/c1-36-29-14-6-2-10-25(29)33(26-11-3-7-15-30(26)36)34-27-12-4-8-16-31(27)37(32-17-9-5-13-28(32)34)22-23-18-20-24(21-19-23)35(38)39/h2-21H,22H2,1H3,(H,38,39). The Bertz CT molecular complexity index is 1690. The summed E-state index contributed by atoms with van der Waals surface area (Å²) < 4.78 is 0. The van der Waals surface area contributed by atoms with Gasteiger partial charge >= 0.3 is 5.97 Å². The van der Waals surface area contributed by atoms with Crippen LogP contribution in [0.1, 0.15) is 38.2 Å². The molecule has 0 saturated heterocycles. The van der Waals surface area contributed by atoms with Gasteiger partial charge in [0.1, 0.15) is 0 Å². The van der Waals surface area contributed by atoms with Gasteiger partial charge < -0.3 is 14.9 Å². The van der Waals surface area contributed by atoms with E-state index in [0.717, 1.165) is 16.9 Å². The molecular formula is C35H26N2O2. The lowest BCUT2D eigenvalue weighted by Gasteiger charge is -2.38. The summed E-state index contributed by atoms with van der Waals surface area (Å²) >= 11 is 0. The Hall–Kier alpha value is -5.09.